The van der Waals surface area contributed by atoms with Gasteiger partial charge in [-0.1, -0.05) is 36.8 Å². The molecule has 0 bridgehead atoms. The predicted molar refractivity (Wildman–Crippen MR) is 73.0 cm³/mol. The summed E-state index contributed by atoms with van der Waals surface area (Å²) in [6, 6.07) is 8.14. The molecule has 0 radical (unpaired) electrons. The first-order valence-corrected chi connectivity index (χ1v) is 6.67. The van der Waals surface area contributed by atoms with Crippen LogP contribution in [0, 0.1) is 13.8 Å². The fourth-order valence-electron chi connectivity index (χ4n) is 1.48. The smallest absolute Gasteiger partial charge is 0.312 e. The number of aryl methyl sites for hydroxylation is 2. The molecular weight excluding hydrogens is 246 g/mol. The van der Waals surface area contributed by atoms with E-state index in [1.54, 1.807) is 6.92 Å². The summed E-state index contributed by atoms with van der Waals surface area (Å²) in [5.41, 5.74) is 2.26. The van der Waals surface area contributed by atoms with E-state index >= 15 is 0 Å². The zero-order valence-corrected chi connectivity index (χ0v) is 11.5. The maximum Gasteiger partial charge on any atom is 0.312 e. The van der Waals surface area contributed by atoms with Crippen LogP contribution in [0.2, 0.25) is 0 Å². The van der Waals surface area contributed by atoms with E-state index < -0.39 is 0 Å². The van der Waals surface area contributed by atoms with Crippen LogP contribution in [-0.2, 0) is 4.79 Å². The van der Waals surface area contributed by atoms with Crippen molar-refractivity contribution in [1.82, 2.24) is 4.98 Å². The van der Waals surface area contributed by atoms with E-state index in [0.29, 0.717) is 12.3 Å². The lowest BCUT2D eigenvalue weighted by Gasteiger charge is -1.98. The summed E-state index contributed by atoms with van der Waals surface area (Å²) in [7, 11) is 0. The Morgan fingerprint density at radius 2 is 1.94 bits per heavy atom. The lowest BCUT2D eigenvalue weighted by atomic mass is 10.2. The van der Waals surface area contributed by atoms with Crippen LogP contribution in [0.5, 0.6) is 5.88 Å². The van der Waals surface area contributed by atoms with Crippen molar-refractivity contribution in [2.24, 2.45) is 0 Å². The molecule has 0 spiro atoms. The van der Waals surface area contributed by atoms with Gasteiger partial charge in [-0.2, -0.15) is 0 Å². The van der Waals surface area contributed by atoms with Gasteiger partial charge in [-0.05, 0) is 13.8 Å². The van der Waals surface area contributed by atoms with Crippen molar-refractivity contribution in [2.45, 2.75) is 27.2 Å². The van der Waals surface area contributed by atoms with Crippen molar-refractivity contribution >= 4 is 17.3 Å². The maximum absolute atomic E-state index is 11.3. The Labute approximate surface area is 110 Å². The normalized spacial score (nSPS) is 10.4. The maximum atomic E-state index is 11.3. The van der Waals surface area contributed by atoms with Gasteiger partial charge in [0.2, 0.25) is 5.88 Å². The first kappa shape index (κ1) is 12.8. The van der Waals surface area contributed by atoms with Gasteiger partial charge in [-0.25, -0.2) is 4.98 Å². The van der Waals surface area contributed by atoms with E-state index in [2.05, 4.69) is 4.98 Å². The fourth-order valence-corrected chi connectivity index (χ4v) is 2.32. The first-order valence-electron chi connectivity index (χ1n) is 5.85. The molecular formula is C14H15NO2S. The highest BCUT2D eigenvalue weighted by Gasteiger charge is 2.13. The lowest BCUT2D eigenvalue weighted by molar-refractivity contribution is -0.134. The van der Waals surface area contributed by atoms with Crippen LogP contribution in [0.1, 0.15) is 23.8 Å². The molecule has 0 unspecified atom stereocenters. The van der Waals surface area contributed by atoms with E-state index in [4.69, 9.17) is 4.74 Å². The van der Waals surface area contributed by atoms with Gasteiger partial charge < -0.3 is 4.74 Å². The number of rotatable bonds is 3. The molecule has 1 aromatic heterocycles. The Morgan fingerprint density at radius 3 is 2.56 bits per heavy atom. The molecule has 0 aliphatic carbocycles. The molecule has 94 valence electrons. The number of hydrogen-bond acceptors (Lipinski definition) is 4. The minimum Gasteiger partial charge on any atom is -0.406 e. The number of ether oxygens (including phenoxy) is 1. The number of hydrogen-bond donors (Lipinski definition) is 0. The summed E-state index contributed by atoms with van der Waals surface area (Å²) in [4.78, 5) is 16.6. The van der Waals surface area contributed by atoms with E-state index in [9.17, 15) is 4.79 Å². The highest BCUT2D eigenvalue weighted by molar-refractivity contribution is 7.15. The second kappa shape index (κ2) is 5.31. The standard InChI is InChI=1S/C14H15NO2S/c1-4-12(16)17-13-10(3)18-14(15-13)11-7-5-9(2)6-8-11/h5-8H,4H2,1-3H3. The van der Waals surface area contributed by atoms with Crippen LogP contribution in [0.15, 0.2) is 24.3 Å². The molecule has 4 heteroatoms. The van der Waals surface area contributed by atoms with Gasteiger partial charge in [0.05, 0.1) is 4.88 Å². The van der Waals surface area contributed by atoms with Crippen LogP contribution < -0.4 is 4.74 Å². The van der Waals surface area contributed by atoms with Crippen LogP contribution in [0.25, 0.3) is 10.6 Å². The molecule has 0 amide bonds. The van der Waals surface area contributed by atoms with E-state index in [1.807, 2.05) is 38.1 Å². The number of carbonyl (C=O) groups excluding carboxylic acids is 1. The zero-order valence-electron chi connectivity index (χ0n) is 10.7. The quantitative estimate of drug-likeness (QED) is 0.790. The molecule has 1 heterocycles. The minimum atomic E-state index is -0.251. The topological polar surface area (TPSA) is 39.2 Å². The van der Waals surface area contributed by atoms with E-state index in [0.717, 1.165) is 15.4 Å². The lowest BCUT2D eigenvalue weighted by Crippen LogP contribution is -2.06. The van der Waals surface area contributed by atoms with Gasteiger partial charge in [0.25, 0.3) is 0 Å². The molecule has 2 aromatic rings. The predicted octanol–water partition coefficient (Wildman–Crippen LogP) is 3.74. The first-order chi connectivity index (χ1) is 8.60. The molecule has 0 fully saturated rings. The highest BCUT2D eigenvalue weighted by Crippen LogP contribution is 2.31. The second-order valence-corrected chi connectivity index (χ2v) is 5.28. The molecule has 1 aromatic carbocycles. The Bertz CT molecular complexity index is 558. The minimum absolute atomic E-state index is 0.251. The van der Waals surface area contributed by atoms with Crippen LogP contribution in [-0.4, -0.2) is 11.0 Å². The van der Waals surface area contributed by atoms with Gasteiger partial charge in [-0.15, -0.1) is 11.3 Å². The van der Waals surface area contributed by atoms with Gasteiger partial charge in [-0.3, -0.25) is 4.79 Å². The molecule has 0 atom stereocenters. The molecule has 0 saturated heterocycles. The van der Waals surface area contributed by atoms with Crippen LogP contribution in [0.3, 0.4) is 0 Å². The van der Waals surface area contributed by atoms with Crippen LogP contribution >= 0.6 is 11.3 Å². The largest absolute Gasteiger partial charge is 0.406 e. The molecule has 0 N–H and O–H groups in total. The fraction of sp³-hybridized carbons (Fsp3) is 0.286. The zero-order chi connectivity index (χ0) is 13.1. The summed E-state index contributed by atoms with van der Waals surface area (Å²) < 4.78 is 5.18. The summed E-state index contributed by atoms with van der Waals surface area (Å²) in [5.74, 6) is 0.182. The van der Waals surface area contributed by atoms with E-state index in [1.165, 1.54) is 16.9 Å². The number of aromatic nitrogens is 1. The molecule has 0 aliphatic rings. The van der Waals surface area contributed by atoms with E-state index in [-0.39, 0.29) is 5.97 Å². The summed E-state index contributed by atoms with van der Waals surface area (Å²) in [5, 5.41) is 0.881. The summed E-state index contributed by atoms with van der Waals surface area (Å²) >= 11 is 1.54. The Kier molecular flexibility index (Phi) is 3.77. The van der Waals surface area contributed by atoms with Crippen molar-refractivity contribution in [3.63, 3.8) is 0 Å². The molecule has 2 rings (SSSR count). The SMILES string of the molecule is CCC(=O)Oc1nc(-c2ccc(C)cc2)sc1C. The third-order valence-electron chi connectivity index (χ3n) is 2.55. The average Bonchev–Trinajstić information content (AvgIpc) is 2.71. The molecule has 0 saturated carbocycles. The van der Waals surface area contributed by atoms with Crippen molar-refractivity contribution in [1.29, 1.82) is 0 Å². The number of esters is 1. The Morgan fingerprint density at radius 1 is 1.28 bits per heavy atom. The number of benzene rings is 1. The third-order valence-corrected chi connectivity index (χ3v) is 3.55. The highest BCUT2D eigenvalue weighted by atomic mass is 32.1. The number of nitrogens with zero attached hydrogens (tertiary/aromatic N) is 1. The summed E-state index contributed by atoms with van der Waals surface area (Å²) in [6.07, 6.45) is 0.358. The Hall–Kier alpha value is -1.68. The van der Waals surface area contributed by atoms with Gasteiger partial charge in [0.15, 0.2) is 0 Å². The van der Waals surface area contributed by atoms with Crippen molar-refractivity contribution in [3.8, 4) is 16.5 Å². The summed E-state index contributed by atoms with van der Waals surface area (Å²) in [6.45, 7) is 5.73. The van der Waals surface area contributed by atoms with Gasteiger partial charge in [0, 0.05) is 12.0 Å². The van der Waals surface area contributed by atoms with Gasteiger partial charge in [0.1, 0.15) is 5.01 Å². The van der Waals surface area contributed by atoms with Crippen molar-refractivity contribution < 1.29 is 9.53 Å². The third kappa shape index (κ3) is 2.76. The molecule has 0 aliphatic heterocycles. The monoisotopic (exact) mass is 261 g/mol. The molecule has 18 heavy (non-hydrogen) atoms. The van der Waals surface area contributed by atoms with Gasteiger partial charge >= 0.3 is 5.97 Å². The average molecular weight is 261 g/mol. The number of carbonyl (C=O) groups is 1. The second-order valence-electron chi connectivity index (χ2n) is 4.07. The number of thiazole rings is 1. The van der Waals surface area contributed by atoms with Crippen molar-refractivity contribution in [3.05, 3.63) is 34.7 Å². The molecule has 3 nitrogen and oxygen atoms in total. The van der Waals surface area contributed by atoms with Crippen LogP contribution in [0.4, 0.5) is 0 Å². The van der Waals surface area contributed by atoms with Crippen molar-refractivity contribution in [2.75, 3.05) is 0 Å². The Balaban J connectivity index is 2.28.